The molecular formula is C15H19BrN2O2S. The van der Waals surface area contributed by atoms with Crippen molar-refractivity contribution in [2.45, 2.75) is 32.9 Å². The first kappa shape index (κ1) is 16.3. The van der Waals surface area contributed by atoms with E-state index in [1.54, 1.807) is 16.8 Å². The fourth-order valence-electron chi connectivity index (χ4n) is 1.97. The fraction of sp³-hybridized carbons (Fsp3) is 0.400. The van der Waals surface area contributed by atoms with Crippen LogP contribution in [0.2, 0.25) is 0 Å². The minimum atomic E-state index is 0.105. The Kier molecular flexibility index (Phi) is 6.02. The Balaban J connectivity index is 2.21. The van der Waals surface area contributed by atoms with Crippen LogP contribution < -0.4 is 15.2 Å². The summed E-state index contributed by atoms with van der Waals surface area (Å²) in [6, 6.07) is 4.13. The zero-order valence-electron chi connectivity index (χ0n) is 12.1. The molecule has 6 heteroatoms. The summed E-state index contributed by atoms with van der Waals surface area (Å²) in [6.45, 7) is 4.95. The van der Waals surface area contributed by atoms with Crippen LogP contribution in [-0.2, 0) is 13.0 Å². The Bertz CT molecular complexity index is 573. The van der Waals surface area contributed by atoms with Crippen LogP contribution in [0.4, 0.5) is 0 Å². The molecule has 0 fully saturated rings. The van der Waals surface area contributed by atoms with Gasteiger partial charge in [0.1, 0.15) is 6.61 Å². The number of nitrogens with zero attached hydrogens (tertiary/aromatic N) is 1. The number of halogens is 1. The Labute approximate surface area is 137 Å². The van der Waals surface area contributed by atoms with Crippen LogP contribution >= 0.6 is 27.3 Å². The molecule has 4 nitrogen and oxygen atoms in total. The molecule has 2 rings (SSSR count). The largest absolute Gasteiger partial charge is 0.490 e. The number of benzene rings is 1. The minimum absolute atomic E-state index is 0.105. The molecule has 2 aromatic rings. The molecular weight excluding hydrogens is 352 g/mol. The number of ether oxygens (including phenoxy) is 2. The second kappa shape index (κ2) is 7.77. The van der Waals surface area contributed by atoms with E-state index in [4.69, 9.17) is 15.2 Å². The molecule has 0 saturated heterocycles. The summed E-state index contributed by atoms with van der Waals surface area (Å²) in [5.74, 6) is 1.44. The molecule has 114 valence electrons. The molecule has 0 aliphatic carbocycles. The van der Waals surface area contributed by atoms with E-state index in [1.807, 2.05) is 31.4 Å². The Morgan fingerprint density at radius 3 is 2.81 bits per heavy atom. The van der Waals surface area contributed by atoms with Gasteiger partial charge in [0.25, 0.3) is 0 Å². The maximum Gasteiger partial charge on any atom is 0.175 e. The van der Waals surface area contributed by atoms with Crippen LogP contribution in [0.15, 0.2) is 27.5 Å². The average molecular weight is 371 g/mol. The molecule has 0 spiro atoms. The maximum atomic E-state index is 5.87. The maximum absolute atomic E-state index is 5.87. The van der Waals surface area contributed by atoms with Crippen molar-refractivity contribution >= 4 is 27.3 Å². The Morgan fingerprint density at radius 1 is 1.38 bits per heavy atom. The van der Waals surface area contributed by atoms with Gasteiger partial charge in [-0.15, -0.1) is 11.3 Å². The quantitative estimate of drug-likeness (QED) is 0.805. The molecule has 0 saturated carbocycles. The Hall–Kier alpha value is -1.11. The predicted molar refractivity (Wildman–Crippen MR) is 89.1 cm³/mol. The van der Waals surface area contributed by atoms with Crippen LogP contribution in [0, 0.1) is 0 Å². The van der Waals surface area contributed by atoms with E-state index in [2.05, 4.69) is 20.9 Å². The van der Waals surface area contributed by atoms with Crippen molar-refractivity contribution in [1.29, 1.82) is 0 Å². The number of hydrogen-bond donors (Lipinski definition) is 1. The Morgan fingerprint density at radius 2 is 2.19 bits per heavy atom. The van der Waals surface area contributed by atoms with E-state index in [0.717, 1.165) is 27.9 Å². The first-order valence-electron chi connectivity index (χ1n) is 6.80. The molecule has 1 aromatic carbocycles. The zero-order chi connectivity index (χ0) is 15.2. The molecule has 1 aromatic heterocycles. The van der Waals surface area contributed by atoms with Crippen molar-refractivity contribution in [3.8, 4) is 11.5 Å². The third-order valence-corrected chi connectivity index (χ3v) is 4.00. The first-order chi connectivity index (χ1) is 10.1. The van der Waals surface area contributed by atoms with Gasteiger partial charge in [-0.05, 0) is 53.9 Å². The summed E-state index contributed by atoms with van der Waals surface area (Å²) >= 11 is 5.11. The van der Waals surface area contributed by atoms with Gasteiger partial charge in [-0.3, -0.25) is 0 Å². The molecule has 1 atom stereocenters. The number of rotatable bonds is 7. The van der Waals surface area contributed by atoms with Crippen molar-refractivity contribution in [3.05, 3.63) is 38.8 Å². The molecule has 0 radical (unpaired) electrons. The van der Waals surface area contributed by atoms with Crippen molar-refractivity contribution < 1.29 is 9.47 Å². The average Bonchev–Trinajstić information content (AvgIpc) is 2.90. The van der Waals surface area contributed by atoms with E-state index >= 15 is 0 Å². The normalized spacial score (nSPS) is 12.2. The lowest BCUT2D eigenvalue weighted by Crippen LogP contribution is -2.17. The molecule has 0 aliphatic heterocycles. The van der Waals surface area contributed by atoms with Crippen molar-refractivity contribution in [2.24, 2.45) is 5.73 Å². The van der Waals surface area contributed by atoms with Gasteiger partial charge in [-0.1, -0.05) is 0 Å². The van der Waals surface area contributed by atoms with Gasteiger partial charge in [0.2, 0.25) is 0 Å². The fourth-order valence-corrected chi connectivity index (χ4v) is 3.12. The second-order valence-corrected chi connectivity index (χ2v) is 6.36. The molecule has 2 N–H and O–H groups in total. The van der Waals surface area contributed by atoms with Crippen molar-refractivity contribution in [1.82, 2.24) is 4.98 Å². The highest BCUT2D eigenvalue weighted by atomic mass is 79.9. The van der Waals surface area contributed by atoms with E-state index in [1.165, 1.54) is 0 Å². The lowest BCUT2D eigenvalue weighted by Gasteiger charge is -2.15. The zero-order valence-corrected chi connectivity index (χ0v) is 14.5. The van der Waals surface area contributed by atoms with Gasteiger partial charge in [0.05, 0.1) is 22.3 Å². The van der Waals surface area contributed by atoms with Crippen molar-refractivity contribution in [2.75, 3.05) is 6.61 Å². The molecule has 0 amide bonds. The van der Waals surface area contributed by atoms with Gasteiger partial charge >= 0.3 is 0 Å². The van der Waals surface area contributed by atoms with Crippen LogP contribution in [0.1, 0.15) is 25.1 Å². The van der Waals surface area contributed by atoms with Crippen LogP contribution in [-0.4, -0.2) is 17.6 Å². The van der Waals surface area contributed by atoms with Crippen molar-refractivity contribution in [3.63, 3.8) is 0 Å². The van der Waals surface area contributed by atoms with Gasteiger partial charge in [0.15, 0.2) is 11.5 Å². The standard InChI is InChI=1S/C15H19BrN2O2S/c1-3-19-14-6-11(4-10(2)17)5-13(16)15(14)20-7-12-8-21-9-18-12/h5-6,8-10H,3-4,7,17H2,1-2H3. The molecule has 1 unspecified atom stereocenters. The summed E-state index contributed by atoms with van der Waals surface area (Å²) in [7, 11) is 0. The van der Waals surface area contributed by atoms with E-state index in [9.17, 15) is 0 Å². The molecule has 21 heavy (non-hydrogen) atoms. The summed E-state index contributed by atoms with van der Waals surface area (Å²) in [4.78, 5) is 4.21. The highest BCUT2D eigenvalue weighted by molar-refractivity contribution is 9.10. The third-order valence-electron chi connectivity index (χ3n) is 2.77. The van der Waals surface area contributed by atoms with E-state index in [0.29, 0.717) is 19.0 Å². The minimum Gasteiger partial charge on any atom is -0.490 e. The molecule has 0 aliphatic rings. The smallest absolute Gasteiger partial charge is 0.175 e. The number of thiazole rings is 1. The lowest BCUT2D eigenvalue weighted by atomic mass is 10.1. The second-order valence-electron chi connectivity index (χ2n) is 4.79. The van der Waals surface area contributed by atoms with Crippen LogP contribution in [0.3, 0.4) is 0 Å². The van der Waals surface area contributed by atoms with Gasteiger partial charge < -0.3 is 15.2 Å². The summed E-state index contributed by atoms with van der Waals surface area (Å²) in [5, 5.41) is 1.97. The third kappa shape index (κ3) is 4.69. The molecule has 0 bridgehead atoms. The lowest BCUT2D eigenvalue weighted by molar-refractivity contribution is 0.265. The highest BCUT2D eigenvalue weighted by Gasteiger charge is 2.13. The first-order valence-corrected chi connectivity index (χ1v) is 8.54. The number of nitrogens with two attached hydrogens (primary N) is 1. The predicted octanol–water partition coefficient (Wildman–Crippen LogP) is 3.77. The van der Waals surface area contributed by atoms with Gasteiger partial charge in [-0.2, -0.15) is 0 Å². The summed E-state index contributed by atoms with van der Waals surface area (Å²) in [5.41, 5.74) is 9.70. The number of aromatic nitrogens is 1. The summed E-state index contributed by atoms with van der Waals surface area (Å²) < 4.78 is 12.4. The van der Waals surface area contributed by atoms with E-state index in [-0.39, 0.29) is 6.04 Å². The SMILES string of the molecule is CCOc1cc(CC(C)N)cc(Br)c1OCc1cscn1. The van der Waals surface area contributed by atoms with Gasteiger partial charge in [0, 0.05) is 11.4 Å². The van der Waals surface area contributed by atoms with Crippen LogP contribution in [0.25, 0.3) is 0 Å². The monoisotopic (exact) mass is 370 g/mol. The van der Waals surface area contributed by atoms with Gasteiger partial charge in [-0.25, -0.2) is 4.98 Å². The topological polar surface area (TPSA) is 57.4 Å². The molecule has 1 heterocycles. The summed E-state index contributed by atoms with van der Waals surface area (Å²) in [6.07, 6.45) is 0.797. The van der Waals surface area contributed by atoms with Crippen LogP contribution in [0.5, 0.6) is 11.5 Å². The number of hydrogen-bond acceptors (Lipinski definition) is 5. The highest BCUT2D eigenvalue weighted by Crippen LogP contribution is 2.37. The van der Waals surface area contributed by atoms with E-state index < -0.39 is 0 Å².